The lowest BCUT2D eigenvalue weighted by Gasteiger charge is -2.46. The van der Waals surface area contributed by atoms with Crippen molar-refractivity contribution < 1.29 is 4.74 Å². The van der Waals surface area contributed by atoms with Crippen molar-refractivity contribution in [1.29, 1.82) is 0 Å². The third kappa shape index (κ3) is 1.50. The Morgan fingerprint density at radius 3 is 2.42 bits per heavy atom. The number of hydrogen-bond donors (Lipinski definition) is 1. The van der Waals surface area contributed by atoms with E-state index < -0.39 is 0 Å². The largest absolute Gasteiger partial charge is 0.375 e. The van der Waals surface area contributed by atoms with Crippen molar-refractivity contribution in [2.75, 3.05) is 13.2 Å². The van der Waals surface area contributed by atoms with Gasteiger partial charge in [0.05, 0.1) is 12.2 Å². The molecule has 1 N–H and O–H groups in total. The Labute approximate surface area is 74.7 Å². The van der Waals surface area contributed by atoms with Crippen LogP contribution in [0.1, 0.15) is 39.0 Å². The third-order valence-corrected chi connectivity index (χ3v) is 3.36. The van der Waals surface area contributed by atoms with Crippen LogP contribution in [-0.4, -0.2) is 24.8 Å². The van der Waals surface area contributed by atoms with Crippen LogP contribution < -0.4 is 5.32 Å². The number of nitrogens with one attached hydrogen (secondary N) is 1. The van der Waals surface area contributed by atoms with Crippen molar-refractivity contribution in [1.82, 2.24) is 5.32 Å². The summed E-state index contributed by atoms with van der Waals surface area (Å²) in [5.41, 5.74) is 0.339. The summed E-state index contributed by atoms with van der Waals surface area (Å²) in [6.07, 6.45) is 6.50. The summed E-state index contributed by atoms with van der Waals surface area (Å²) < 4.78 is 5.66. The van der Waals surface area contributed by atoms with Crippen LogP contribution in [0.4, 0.5) is 0 Å². The molecule has 2 nitrogen and oxygen atoms in total. The van der Waals surface area contributed by atoms with E-state index in [2.05, 4.69) is 12.2 Å². The predicted octanol–water partition coefficient (Wildman–Crippen LogP) is 1.70. The van der Waals surface area contributed by atoms with Crippen LogP contribution in [0.2, 0.25) is 0 Å². The molecule has 0 aromatic rings. The summed E-state index contributed by atoms with van der Waals surface area (Å²) in [5, 5.41) is 3.51. The molecular formula is C10H19NO. The molecule has 1 aliphatic heterocycles. The fourth-order valence-corrected chi connectivity index (χ4v) is 2.42. The van der Waals surface area contributed by atoms with Crippen LogP contribution in [-0.2, 0) is 4.74 Å². The van der Waals surface area contributed by atoms with Crippen LogP contribution in [0.3, 0.4) is 0 Å². The Hall–Kier alpha value is -0.0800. The monoisotopic (exact) mass is 169 g/mol. The SMILES string of the molecule is CCNC1CCC2(CCO2)CC1. The Bertz CT molecular complexity index is 144. The summed E-state index contributed by atoms with van der Waals surface area (Å²) in [7, 11) is 0. The lowest BCUT2D eigenvalue weighted by atomic mass is 9.77. The molecule has 2 aliphatic rings. The number of hydrogen-bond acceptors (Lipinski definition) is 2. The van der Waals surface area contributed by atoms with E-state index in [1.807, 2.05) is 0 Å². The van der Waals surface area contributed by atoms with E-state index >= 15 is 0 Å². The van der Waals surface area contributed by atoms with Gasteiger partial charge in [0.1, 0.15) is 0 Å². The van der Waals surface area contributed by atoms with Crippen molar-refractivity contribution in [3.05, 3.63) is 0 Å². The summed E-state index contributed by atoms with van der Waals surface area (Å²) in [6.45, 7) is 4.30. The molecule has 1 saturated carbocycles. The van der Waals surface area contributed by atoms with Crippen molar-refractivity contribution in [3.8, 4) is 0 Å². The minimum atomic E-state index is 0.339. The smallest absolute Gasteiger partial charge is 0.0705 e. The lowest BCUT2D eigenvalue weighted by Crippen LogP contribution is -2.49. The first-order valence-electron chi connectivity index (χ1n) is 5.22. The Morgan fingerprint density at radius 2 is 2.00 bits per heavy atom. The molecule has 2 fully saturated rings. The summed E-state index contributed by atoms with van der Waals surface area (Å²) in [5.74, 6) is 0. The molecular weight excluding hydrogens is 150 g/mol. The third-order valence-electron chi connectivity index (χ3n) is 3.36. The zero-order valence-corrected chi connectivity index (χ0v) is 7.94. The van der Waals surface area contributed by atoms with Crippen LogP contribution in [0.15, 0.2) is 0 Å². The number of ether oxygens (including phenoxy) is 1. The van der Waals surface area contributed by atoms with Crippen LogP contribution in [0.5, 0.6) is 0 Å². The molecule has 1 spiro atoms. The van der Waals surface area contributed by atoms with Gasteiger partial charge in [0.2, 0.25) is 0 Å². The van der Waals surface area contributed by atoms with Gasteiger partial charge in [-0.05, 0) is 38.6 Å². The molecule has 0 unspecified atom stereocenters. The van der Waals surface area contributed by atoms with Crippen LogP contribution in [0.25, 0.3) is 0 Å². The van der Waals surface area contributed by atoms with Gasteiger partial charge in [-0.1, -0.05) is 6.92 Å². The quantitative estimate of drug-likeness (QED) is 0.679. The second kappa shape index (κ2) is 3.35. The first-order valence-corrected chi connectivity index (χ1v) is 5.22. The molecule has 0 amide bonds. The van der Waals surface area contributed by atoms with E-state index in [4.69, 9.17) is 4.74 Å². The first-order chi connectivity index (χ1) is 5.85. The average Bonchev–Trinajstić information content (AvgIpc) is 2.04. The highest BCUT2D eigenvalue weighted by Gasteiger charge is 2.41. The van der Waals surface area contributed by atoms with E-state index in [0.717, 1.165) is 19.2 Å². The molecule has 12 heavy (non-hydrogen) atoms. The van der Waals surface area contributed by atoms with Gasteiger partial charge < -0.3 is 10.1 Å². The van der Waals surface area contributed by atoms with E-state index in [9.17, 15) is 0 Å². The second-order valence-electron chi connectivity index (χ2n) is 4.11. The van der Waals surface area contributed by atoms with E-state index in [-0.39, 0.29) is 0 Å². The van der Waals surface area contributed by atoms with E-state index in [0.29, 0.717) is 5.60 Å². The van der Waals surface area contributed by atoms with Gasteiger partial charge in [0, 0.05) is 6.04 Å². The molecule has 0 aromatic carbocycles. The van der Waals surface area contributed by atoms with Crippen LogP contribution >= 0.6 is 0 Å². The van der Waals surface area contributed by atoms with Gasteiger partial charge in [0.25, 0.3) is 0 Å². The molecule has 2 rings (SSSR count). The Kier molecular flexibility index (Phi) is 2.37. The highest BCUT2D eigenvalue weighted by Crippen LogP contribution is 2.40. The molecule has 1 heterocycles. The first kappa shape index (κ1) is 8.52. The minimum Gasteiger partial charge on any atom is -0.375 e. The molecule has 2 heteroatoms. The van der Waals surface area contributed by atoms with E-state index in [1.165, 1.54) is 32.1 Å². The topological polar surface area (TPSA) is 21.3 Å². The minimum absolute atomic E-state index is 0.339. The summed E-state index contributed by atoms with van der Waals surface area (Å²) >= 11 is 0. The van der Waals surface area contributed by atoms with E-state index in [1.54, 1.807) is 0 Å². The standard InChI is InChI=1S/C10H19NO/c1-2-11-9-3-5-10(6-4-9)7-8-12-10/h9,11H,2-8H2,1H3. The lowest BCUT2D eigenvalue weighted by molar-refractivity contribution is -0.167. The Balaban J connectivity index is 1.77. The van der Waals surface area contributed by atoms with Gasteiger partial charge in [-0.15, -0.1) is 0 Å². The molecule has 0 atom stereocenters. The predicted molar refractivity (Wildman–Crippen MR) is 49.2 cm³/mol. The zero-order valence-electron chi connectivity index (χ0n) is 7.94. The average molecular weight is 169 g/mol. The van der Waals surface area contributed by atoms with Crippen molar-refractivity contribution in [3.63, 3.8) is 0 Å². The zero-order chi connectivity index (χ0) is 8.44. The second-order valence-corrected chi connectivity index (χ2v) is 4.11. The molecule has 0 bridgehead atoms. The van der Waals surface area contributed by atoms with Crippen molar-refractivity contribution >= 4 is 0 Å². The molecule has 0 radical (unpaired) electrons. The highest BCUT2D eigenvalue weighted by atomic mass is 16.5. The fourth-order valence-electron chi connectivity index (χ4n) is 2.42. The maximum atomic E-state index is 5.66. The van der Waals surface area contributed by atoms with Gasteiger partial charge >= 0.3 is 0 Å². The van der Waals surface area contributed by atoms with Crippen molar-refractivity contribution in [2.24, 2.45) is 0 Å². The van der Waals surface area contributed by atoms with Crippen LogP contribution in [0, 0.1) is 0 Å². The normalized spacial score (nSPS) is 41.2. The summed E-state index contributed by atoms with van der Waals surface area (Å²) in [6, 6.07) is 0.768. The van der Waals surface area contributed by atoms with Gasteiger partial charge in [-0.25, -0.2) is 0 Å². The van der Waals surface area contributed by atoms with Gasteiger partial charge in [-0.2, -0.15) is 0 Å². The fraction of sp³-hybridized carbons (Fsp3) is 1.00. The maximum Gasteiger partial charge on any atom is 0.0705 e. The van der Waals surface area contributed by atoms with Gasteiger partial charge in [-0.3, -0.25) is 0 Å². The maximum absolute atomic E-state index is 5.66. The summed E-state index contributed by atoms with van der Waals surface area (Å²) in [4.78, 5) is 0. The Morgan fingerprint density at radius 1 is 1.33 bits per heavy atom. The molecule has 1 aliphatic carbocycles. The van der Waals surface area contributed by atoms with Crippen molar-refractivity contribution in [2.45, 2.75) is 50.7 Å². The molecule has 70 valence electrons. The molecule has 0 aromatic heterocycles. The number of rotatable bonds is 2. The molecule has 1 saturated heterocycles. The van der Waals surface area contributed by atoms with Gasteiger partial charge in [0.15, 0.2) is 0 Å². The highest BCUT2D eigenvalue weighted by molar-refractivity contribution is 4.93.